The van der Waals surface area contributed by atoms with E-state index in [0.717, 1.165) is 0 Å². The van der Waals surface area contributed by atoms with Crippen LogP contribution in [0.4, 0.5) is 8.78 Å². The zero-order chi connectivity index (χ0) is 17.3. The molecule has 0 spiro atoms. The first kappa shape index (κ1) is 21.2. The highest BCUT2D eigenvalue weighted by atomic mass is 28.4. The van der Waals surface area contributed by atoms with Gasteiger partial charge in [-0.25, -0.2) is 8.78 Å². The summed E-state index contributed by atoms with van der Waals surface area (Å²) in [6.07, 6.45) is -3.64. The van der Waals surface area contributed by atoms with Crippen LogP contribution in [0.25, 0.3) is 0 Å². The minimum Gasteiger partial charge on any atom is -0.414 e. The summed E-state index contributed by atoms with van der Waals surface area (Å²) in [7, 11) is -4.25. The van der Waals surface area contributed by atoms with Gasteiger partial charge in [0, 0.05) is 0 Å². The van der Waals surface area contributed by atoms with E-state index >= 15 is 0 Å². The van der Waals surface area contributed by atoms with Gasteiger partial charge in [0.25, 0.3) is 6.43 Å². The van der Waals surface area contributed by atoms with Crippen LogP contribution < -0.4 is 0 Å². The van der Waals surface area contributed by atoms with Crippen LogP contribution in [-0.4, -0.2) is 35.8 Å². The molecule has 1 unspecified atom stereocenters. The molecule has 0 bridgehead atoms. The van der Waals surface area contributed by atoms with E-state index < -0.39 is 29.2 Å². The van der Waals surface area contributed by atoms with E-state index in [1.54, 1.807) is 0 Å². The van der Waals surface area contributed by atoms with Crippen molar-refractivity contribution in [2.75, 3.05) is 6.61 Å². The molecule has 0 saturated carbocycles. The molecule has 128 valence electrons. The van der Waals surface area contributed by atoms with Crippen molar-refractivity contribution in [1.82, 2.24) is 0 Å². The van der Waals surface area contributed by atoms with Crippen molar-refractivity contribution in [3.05, 3.63) is 0 Å². The van der Waals surface area contributed by atoms with Crippen LogP contribution >= 0.6 is 0 Å². The monoisotopic (exact) mass is 340 g/mol. The Bertz CT molecular complexity index is 332. The summed E-state index contributed by atoms with van der Waals surface area (Å²) >= 11 is 0. The smallest absolute Gasteiger partial charge is 0.265 e. The van der Waals surface area contributed by atoms with E-state index in [4.69, 9.17) is 8.85 Å². The van der Waals surface area contributed by atoms with Gasteiger partial charge in [0.2, 0.25) is 0 Å². The van der Waals surface area contributed by atoms with E-state index in [1.807, 2.05) is 13.1 Å². The molecule has 0 radical (unpaired) electrons. The Morgan fingerprint density at radius 1 is 0.810 bits per heavy atom. The molecule has 0 fully saturated rings. The van der Waals surface area contributed by atoms with Crippen LogP contribution in [0.5, 0.6) is 0 Å². The molecule has 0 saturated heterocycles. The molecular weight excluding hydrogens is 306 g/mol. The topological polar surface area (TPSA) is 18.5 Å². The van der Waals surface area contributed by atoms with Gasteiger partial charge in [-0.3, -0.25) is 0 Å². The second kappa shape index (κ2) is 6.76. The van der Waals surface area contributed by atoms with Gasteiger partial charge >= 0.3 is 0 Å². The molecule has 0 aromatic heterocycles. The largest absolute Gasteiger partial charge is 0.414 e. The lowest BCUT2D eigenvalue weighted by Gasteiger charge is -2.41. The molecular formula is C15H34F2O2Si2. The van der Waals surface area contributed by atoms with E-state index in [0.29, 0.717) is 0 Å². The summed E-state index contributed by atoms with van der Waals surface area (Å²) in [6, 6.07) is 0. The molecule has 0 aliphatic rings. The lowest BCUT2D eigenvalue weighted by Crippen LogP contribution is -2.49. The maximum atomic E-state index is 13.3. The van der Waals surface area contributed by atoms with Crippen molar-refractivity contribution in [1.29, 1.82) is 0 Å². The highest BCUT2D eigenvalue weighted by molar-refractivity contribution is 6.74. The third-order valence-corrected chi connectivity index (χ3v) is 14.0. The SMILES string of the molecule is CC(C)(C)[Si](C)(C)OCC(O[Si](C)(C)C(C)(C)C)C(F)F. The summed E-state index contributed by atoms with van der Waals surface area (Å²) in [5.74, 6) is 0. The number of alkyl halides is 2. The van der Waals surface area contributed by atoms with Crippen LogP contribution in [0.3, 0.4) is 0 Å². The van der Waals surface area contributed by atoms with Crippen LogP contribution in [0.1, 0.15) is 41.5 Å². The Kier molecular flexibility index (Phi) is 6.83. The molecule has 0 aromatic carbocycles. The van der Waals surface area contributed by atoms with Gasteiger partial charge < -0.3 is 8.85 Å². The molecule has 0 rings (SSSR count). The Morgan fingerprint density at radius 3 is 1.48 bits per heavy atom. The van der Waals surface area contributed by atoms with E-state index in [-0.39, 0.29) is 16.7 Å². The molecule has 0 aliphatic heterocycles. The number of hydrogen-bond acceptors (Lipinski definition) is 2. The molecule has 0 amide bonds. The molecule has 0 heterocycles. The molecule has 21 heavy (non-hydrogen) atoms. The molecule has 2 nitrogen and oxygen atoms in total. The fourth-order valence-corrected chi connectivity index (χ4v) is 3.52. The van der Waals surface area contributed by atoms with E-state index in [2.05, 4.69) is 54.6 Å². The van der Waals surface area contributed by atoms with Crippen LogP contribution in [0.15, 0.2) is 0 Å². The summed E-state index contributed by atoms with van der Waals surface area (Å²) in [4.78, 5) is 0. The van der Waals surface area contributed by atoms with Crippen molar-refractivity contribution in [3.8, 4) is 0 Å². The Balaban J connectivity index is 4.90. The maximum absolute atomic E-state index is 13.3. The lowest BCUT2D eigenvalue weighted by atomic mass is 10.2. The Morgan fingerprint density at radius 2 is 1.19 bits per heavy atom. The fourth-order valence-electron chi connectivity index (χ4n) is 1.22. The normalized spacial score (nSPS) is 16.4. The number of rotatable bonds is 6. The van der Waals surface area contributed by atoms with E-state index in [9.17, 15) is 8.78 Å². The van der Waals surface area contributed by atoms with Crippen molar-refractivity contribution in [2.45, 2.75) is 90.3 Å². The summed E-state index contributed by atoms with van der Waals surface area (Å²) in [6.45, 7) is 20.6. The molecule has 0 aromatic rings. The maximum Gasteiger partial charge on any atom is 0.265 e. The quantitative estimate of drug-likeness (QED) is 0.580. The minimum atomic E-state index is -2.51. The second-order valence-corrected chi connectivity index (χ2v) is 18.4. The van der Waals surface area contributed by atoms with Gasteiger partial charge in [-0.1, -0.05) is 41.5 Å². The predicted molar refractivity (Wildman–Crippen MR) is 91.2 cm³/mol. The van der Waals surface area contributed by atoms with Crippen LogP contribution in [0.2, 0.25) is 36.3 Å². The van der Waals surface area contributed by atoms with Crippen LogP contribution in [0, 0.1) is 0 Å². The first-order chi connectivity index (χ1) is 9.01. The van der Waals surface area contributed by atoms with Gasteiger partial charge in [-0.2, -0.15) is 0 Å². The minimum absolute atomic E-state index is 0.0106. The Hall–Kier alpha value is 0.214. The van der Waals surface area contributed by atoms with Crippen molar-refractivity contribution < 1.29 is 17.6 Å². The summed E-state index contributed by atoms with van der Waals surface area (Å²) in [5.41, 5.74) is 0. The summed E-state index contributed by atoms with van der Waals surface area (Å²) in [5, 5.41) is -0.0756. The second-order valence-electron chi connectivity index (χ2n) is 8.82. The van der Waals surface area contributed by atoms with Gasteiger partial charge in [-0.05, 0) is 36.3 Å². The van der Waals surface area contributed by atoms with Gasteiger partial charge in [-0.15, -0.1) is 0 Å². The molecule has 0 N–H and O–H groups in total. The third-order valence-electron chi connectivity index (χ3n) is 4.95. The number of halogens is 2. The average Bonchev–Trinajstić information content (AvgIpc) is 2.20. The Labute approximate surface area is 131 Å². The van der Waals surface area contributed by atoms with Gasteiger partial charge in [0.15, 0.2) is 16.6 Å². The van der Waals surface area contributed by atoms with Crippen molar-refractivity contribution in [3.63, 3.8) is 0 Å². The first-order valence-electron chi connectivity index (χ1n) is 7.61. The predicted octanol–water partition coefficient (Wildman–Crippen LogP) is 5.66. The van der Waals surface area contributed by atoms with Crippen molar-refractivity contribution >= 4 is 16.6 Å². The summed E-state index contributed by atoms with van der Waals surface area (Å²) < 4.78 is 38.4. The highest BCUT2D eigenvalue weighted by Gasteiger charge is 2.43. The average molecular weight is 341 g/mol. The van der Waals surface area contributed by atoms with E-state index in [1.165, 1.54) is 0 Å². The fraction of sp³-hybridized carbons (Fsp3) is 1.00. The zero-order valence-electron chi connectivity index (χ0n) is 15.4. The highest BCUT2D eigenvalue weighted by Crippen LogP contribution is 2.39. The number of hydrogen-bond donors (Lipinski definition) is 0. The lowest BCUT2D eigenvalue weighted by molar-refractivity contribution is -0.0232. The molecule has 0 aliphatic carbocycles. The van der Waals surface area contributed by atoms with Gasteiger partial charge in [0.1, 0.15) is 6.10 Å². The van der Waals surface area contributed by atoms with Gasteiger partial charge in [0.05, 0.1) is 6.61 Å². The third kappa shape index (κ3) is 6.08. The first-order valence-corrected chi connectivity index (χ1v) is 13.4. The molecule has 6 heteroatoms. The standard InChI is InChI=1S/C15H34F2O2Si2/c1-14(2,3)20(7,8)18-11-12(13(16)17)19-21(9,10)15(4,5)6/h12-13H,11H2,1-10H3. The van der Waals surface area contributed by atoms with Crippen LogP contribution in [-0.2, 0) is 8.85 Å². The van der Waals surface area contributed by atoms with Crippen molar-refractivity contribution in [2.24, 2.45) is 0 Å². The molecule has 1 atom stereocenters. The zero-order valence-corrected chi connectivity index (χ0v) is 17.4.